The van der Waals surface area contributed by atoms with E-state index in [-0.39, 0.29) is 0 Å². The van der Waals surface area contributed by atoms with E-state index in [1.807, 2.05) is 0 Å². The van der Waals surface area contributed by atoms with Crippen LogP contribution >= 0.6 is 11.3 Å². The Morgan fingerprint density at radius 3 is 2.74 bits per heavy atom. The molecule has 3 nitrogen and oxygen atoms in total. The third-order valence-corrected chi connectivity index (χ3v) is 4.36. The average Bonchev–Trinajstić information content (AvgIpc) is 2.98. The number of anilines is 1. The van der Waals surface area contributed by atoms with Crippen LogP contribution in [-0.4, -0.2) is 15.6 Å². The predicted molar refractivity (Wildman–Crippen MR) is 82.0 cm³/mol. The monoisotopic (exact) mass is 275 g/mol. The highest BCUT2D eigenvalue weighted by molar-refractivity contribution is 7.14. The molecule has 1 N–H and O–H groups in total. The molecule has 19 heavy (non-hydrogen) atoms. The van der Waals surface area contributed by atoms with E-state index in [0.717, 1.165) is 16.9 Å². The van der Waals surface area contributed by atoms with Gasteiger partial charge in [0.15, 0.2) is 5.13 Å². The minimum atomic E-state index is 0.429. The van der Waals surface area contributed by atoms with Gasteiger partial charge in [0, 0.05) is 34.4 Å². The van der Waals surface area contributed by atoms with E-state index >= 15 is 0 Å². The summed E-state index contributed by atoms with van der Waals surface area (Å²) in [5, 5.41) is 6.54. The Morgan fingerprint density at radius 1 is 1.37 bits per heavy atom. The van der Waals surface area contributed by atoms with Gasteiger partial charge in [-0.1, -0.05) is 0 Å². The van der Waals surface area contributed by atoms with Gasteiger partial charge in [0.05, 0.1) is 5.69 Å². The summed E-state index contributed by atoms with van der Waals surface area (Å²) in [5.41, 5.74) is 5.12. The first kappa shape index (κ1) is 12.7. The molecule has 0 spiro atoms. The Hall–Kier alpha value is -1.29. The smallest absolute Gasteiger partial charge is 0.183 e. The molecule has 1 aliphatic carbocycles. The van der Waals surface area contributed by atoms with Crippen molar-refractivity contribution >= 4 is 16.5 Å². The number of hydrogen-bond acceptors (Lipinski definition) is 3. The SMILES string of the molecule is Cc1cc(-c2csc(NC(C)C)n2)c(C)n1C1CC1. The molecule has 3 rings (SSSR count). The highest BCUT2D eigenvalue weighted by Gasteiger charge is 2.27. The van der Waals surface area contributed by atoms with Crippen LogP contribution in [0.25, 0.3) is 11.3 Å². The molecule has 1 saturated carbocycles. The molecule has 0 saturated heterocycles. The molecule has 1 fully saturated rings. The van der Waals surface area contributed by atoms with Gasteiger partial charge in [0.25, 0.3) is 0 Å². The molecule has 2 aromatic heterocycles. The first-order chi connectivity index (χ1) is 9.06. The topological polar surface area (TPSA) is 29.9 Å². The first-order valence-corrected chi connectivity index (χ1v) is 7.85. The molecule has 2 aromatic rings. The number of aryl methyl sites for hydroxylation is 1. The third-order valence-electron chi connectivity index (χ3n) is 3.59. The highest BCUT2D eigenvalue weighted by atomic mass is 32.1. The van der Waals surface area contributed by atoms with Crippen LogP contribution in [0.5, 0.6) is 0 Å². The lowest BCUT2D eigenvalue weighted by atomic mass is 10.2. The molecule has 0 radical (unpaired) electrons. The molecular formula is C15H21N3S. The molecule has 0 aromatic carbocycles. The van der Waals surface area contributed by atoms with Crippen LogP contribution < -0.4 is 5.32 Å². The number of nitrogens with zero attached hydrogens (tertiary/aromatic N) is 2. The molecule has 102 valence electrons. The summed E-state index contributed by atoms with van der Waals surface area (Å²) in [6.45, 7) is 8.70. The summed E-state index contributed by atoms with van der Waals surface area (Å²) in [6, 6.07) is 3.44. The van der Waals surface area contributed by atoms with E-state index in [4.69, 9.17) is 4.98 Å². The summed E-state index contributed by atoms with van der Waals surface area (Å²) in [6.07, 6.45) is 2.65. The zero-order chi connectivity index (χ0) is 13.6. The average molecular weight is 275 g/mol. The Morgan fingerprint density at radius 2 is 2.11 bits per heavy atom. The summed E-state index contributed by atoms with van der Waals surface area (Å²) in [7, 11) is 0. The fraction of sp³-hybridized carbons (Fsp3) is 0.533. The normalized spacial score (nSPS) is 15.2. The van der Waals surface area contributed by atoms with Crippen LogP contribution in [0.4, 0.5) is 5.13 Å². The van der Waals surface area contributed by atoms with E-state index < -0.39 is 0 Å². The standard InChI is InChI=1S/C15H21N3S/c1-9(2)16-15-17-14(8-19-15)13-7-10(3)18(11(13)4)12-5-6-12/h7-9,12H,5-6H2,1-4H3,(H,16,17). The van der Waals surface area contributed by atoms with Gasteiger partial charge < -0.3 is 9.88 Å². The number of hydrogen-bond donors (Lipinski definition) is 1. The summed E-state index contributed by atoms with van der Waals surface area (Å²) < 4.78 is 2.48. The van der Waals surface area contributed by atoms with Gasteiger partial charge in [-0.15, -0.1) is 11.3 Å². The zero-order valence-corrected chi connectivity index (χ0v) is 12.8. The van der Waals surface area contributed by atoms with Crippen LogP contribution in [-0.2, 0) is 0 Å². The lowest BCUT2D eigenvalue weighted by Gasteiger charge is -2.07. The van der Waals surface area contributed by atoms with E-state index in [1.54, 1.807) is 11.3 Å². The molecule has 1 aliphatic rings. The van der Waals surface area contributed by atoms with Crippen LogP contribution in [0, 0.1) is 13.8 Å². The van der Waals surface area contributed by atoms with Crippen LogP contribution in [0.3, 0.4) is 0 Å². The second kappa shape index (κ2) is 4.67. The number of thiazole rings is 1. The van der Waals surface area contributed by atoms with Crippen molar-refractivity contribution in [2.45, 2.75) is 52.6 Å². The van der Waals surface area contributed by atoms with Crippen molar-refractivity contribution < 1.29 is 0 Å². The number of nitrogens with one attached hydrogen (secondary N) is 1. The predicted octanol–water partition coefficient (Wildman–Crippen LogP) is 4.38. The summed E-state index contributed by atoms with van der Waals surface area (Å²) in [5.74, 6) is 0. The van der Waals surface area contributed by atoms with E-state index in [1.165, 1.54) is 29.8 Å². The van der Waals surface area contributed by atoms with Crippen molar-refractivity contribution in [2.75, 3.05) is 5.32 Å². The Labute approximate surface area is 118 Å². The molecule has 2 heterocycles. The second-order valence-corrected chi connectivity index (χ2v) is 6.58. The van der Waals surface area contributed by atoms with Crippen LogP contribution in [0.1, 0.15) is 44.1 Å². The molecule has 0 unspecified atom stereocenters. The second-order valence-electron chi connectivity index (χ2n) is 5.72. The van der Waals surface area contributed by atoms with E-state index in [9.17, 15) is 0 Å². The lowest BCUT2D eigenvalue weighted by Crippen LogP contribution is -2.09. The molecule has 0 bridgehead atoms. The fourth-order valence-electron chi connectivity index (χ4n) is 2.64. The van der Waals surface area contributed by atoms with Crippen molar-refractivity contribution in [3.8, 4) is 11.3 Å². The van der Waals surface area contributed by atoms with Crippen molar-refractivity contribution in [1.82, 2.24) is 9.55 Å². The first-order valence-electron chi connectivity index (χ1n) is 6.97. The number of rotatable bonds is 4. The summed E-state index contributed by atoms with van der Waals surface area (Å²) in [4.78, 5) is 4.71. The van der Waals surface area contributed by atoms with Crippen molar-refractivity contribution in [1.29, 1.82) is 0 Å². The quantitative estimate of drug-likeness (QED) is 0.897. The Kier molecular flexibility index (Phi) is 3.13. The van der Waals surface area contributed by atoms with Crippen LogP contribution in [0.2, 0.25) is 0 Å². The fourth-order valence-corrected chi connectivity index (χ4v) is 3.50. The Balaban J connectivity index is 1.93. The molecule has 0 amide bonds. The van der Waals surface area contributed by atoms with Crippen molar-refractivity contribution in [3.05, 3.63) is 22.8 Å². The Bertz CT molecular complexity index is 591. The largest absolute Gasteiger partial charge is 0.359 e. The number of aromatic nitrogens is 2. The highest BCUT2D eigenvalue weighted by Crippen LogP contribution is 2.40. The van der Waals surface area contributed by atoms with Gasteiger partial charge >= 0.3 is 0 Å². The van der Waals surface area contributed by atoms with E-state index in [2.05, 4.69) is 49.0 Å². The van der Waals surface area contributed by atoms with Gasteiger partial charge in [0.1, 0.15) is 0 Å². The zero-order valence-electron chi connectivity index (χ0n) is 12.0. The van der Waals surface area contributed by atoms with Gasteiger partial charge in [-0.2, -0.15) is 0 Å². The van der Waals surface area contributed by atoms with Gasteiger partial charge in [-0.25, -0.2) is 4.98 Å². The van der Waals surface area contributed by atoms with Gasteiger partial charge in [0.2, 0.25) is 0 Å². The maximum Gasteiger partial charge on any atom is 0.183 e. The van der Waals surface area contributed by atoms with Crippen LogP contribution in [0.15, 0.2) is 11.4 Å². The maximum absolute atomic E-state index is 4.71. The molecular weight excluding hydrogens is 254 g/mol. The van der Waals surface area contributed by atoms with Crippen molar-refractivity contribution in [3.63, 3.8) is 0 Å². The molecule has 4 heteroatoms. The van der Waals surface area contributed by atoms with Gasteiger partial charge in [-0.05, 0) is 46.6 Å². The lowest BCUT2D eigenvalue weighted by molar-refractivity contribution is 0.700. The van der Waals surface area contributed by atoms with Gasteiger partial charge in [-0.3, -0.25) is 0 Å². The maximum atomic E-state index is 4.71. The molecule has 0 aliphatic heterocycles. The van der Waals surface area contributed by atoms with E-state index in [0.29, 0.717) is 6.04 Å². The minimum Gasteiger partial charge on any atom is -0.359 e. The minimum absolute atomic E-state index is 0.429. The third kappa shape index (κ3) is 2.41. The van der Waals surface area contributed by atoms with Crippen molar-refractivity contribution in [2.24, 2.45) is 0 Å². The molecule has 0 atom stereocenters. The summed E-state index contributed by atoms with van der Waals surface area (Å²) >= 11 is 1.69.